The maximum absolute atomic E-state index is 11.3. The standard InChI is InChI=1S/C24H29Cl2N3O4/c1-4-23(31)29(33-21-8-6-5-7-17(21)25)24(2,3)13-14-32-20-11-9-16(15-18(20)26)19-10-12-22(30)28-27-19/h5-9,11,15,23,31H,4,10,12-14H2,1-3H3,(H,28,30). The SMILES string of the molecule is CCC(O)N(Oc1ccccc1Cl)C(C)(C)CCOc1ccc(C2=NNC(=O)CC2)cc1Cl. The summed E-state index contributed by atoms with van der Waals surface area (Å²) in [4.78, 5) is 17.3. The first-order valence-electron chi connectivity index (χ1n) is 10.9. The Labute approximate surface area is 204 Å². The van der Waals surface area contributed by atoms with Crippen molar-refractivity contribution in [3.63, 3.8) is 0 Å². The maximum atomic E-state index is 11.3. The zero-order chi connectivity index (χ0) is 24.0. The van der Waals surface area contributed by atoms with E-state index in [1.807, 2.05) is 39.0 Å². The molecule has 2 aromatic rings. The monoisotopic (exact) mass is 493 g/mol. The Bertz CT molecular complexity index is 1010. The third-order valence-corrected chi connectivity index (χ3v) is 6.01. The predicted molar refractivity (Wildman–Crippen MR) is 130 cm³/mol. The van der Waals surface area contributed by atoms with E-state index < -0.39 is 11.8 Å². The highest BCUT2D eigenvalue weighted by Gasteiger charge is 2.34. The third-order valence-electron chi connectivity index (χ3n) is 5.41. The van der Waals surface area contributed by atoms with Gasteiger partial charge in [-0.3, -0.25) is 4.79 Å². The molecule has 1 amide bonds. The summed E-state index contributed by atoms with van der Waals surface area (Å²) >= 11 is 12.7. The van der Waals surface area contributed by atoms with E-state index in [1.165, 1.54) is 0 Å². The summed E-state index contributed by atoms with van der Waals surface area (Å²) in [5.41, 5.74) is 3.54. The van der Waals surface area contributed by atoms with Gasteiger partial charge < -0.3 is 14.7 Å². The number of para-hydroxylation sites is 1. The number of hydrazone groups is 1. The topological polar surface area (TPSA) is 83.4 Å². The second kappa shape index (κ2) is 11.2. The lowest BCUT2D eigenvalue weighted by Crippen LogP contribution is -2.52. The first-order chi connectivity index (χ1) is 15.7. The van der Waals surface area contributed by atoms with Crippen LogP contribution in [0.2, 0.25) is 10.0 Å². The molecule has 1 aliphatic heterocycles. The third kappa shape index (κ3) is 6.60. The largest absolute Gasteiger partial charge is 0.492 e. The van der Waals surface area contributed by atoms with Gasteiger partial charge in [0.25, 0.3) is 0 Å². The normalized spacial score (nSPS) is 15.1. The van der Waals surface area contributed by atoms with Crippen molar-refractivity contribution < 1.29 is 19.5 Å². The van der Waals surface area contributed by atoms with Gasteiger partial charge in [-0.2, -0.15) is 5.10 Å². The second-order valence-corrected chi connectivity index (χ2v) is 9.20. The highest BCUT2D eigenvalue weighted by Crippen LogP contribution is 2.31. The molecule has 0 fully saturated rings. The molecule has 1 atom stereocenters. The number of halogens is 2. The fourth-order valence-electron chi connectivity index (χ4n) is 3.38. The van der Waals surface area contributed by atoms with E-state index in [4.69, 9.17) is 32.8 Å². The number of aliphatic hydroxyl groups is 1. The molecule has 3 rings (SSSR count). The molecule has 1 aliphatic rings. The highest BCUT2D eigenvalue weighted by atomic mass is 35.5. The summed E-state index contributed by atoms with van der Waals surface area (Å²) < 4.78 is 5.94. The molecule has 1 unspecified atom stereocenters. The summed E-state index contributed by atoms with van der Waals surface area (Å²) in [6.45, 7) is 6.16. The molecule has 33 heavy (non-hydrogen) atoms. The summed E-state index contributed by atoms with van der Waals surface area (Å²) in [6, 6.07) is 12.6. The minimum Gasteiger partial charge on any atom is -0.492 e. The average Bonchev–Trinajstić information content (AvgIpc) is 2.79. The molecule has 7 nitrogen and oxygen atoms in total. The fourth-order valence-corrected chi connectivity index (χ4v) is 3.78. The number of amides is 1. The molecule has 0 aromatic heterocycles. The van der Waals surface area contributed by atoms with Crippen LogP contribution in [0, 0.1) is 0 Å². The van der Waals surface area contributed by atoms with Crippen molar-refractivity contribution in [3.05, 3.63) is 58.1 Å². The number of nitrogens with one attached hydrogen (secondary N) is 1. The number of nitrogens with zero attached hydrogens (tertiary/aromatic N) is 2. The number of hydroxylamine groups is 2. The van der Waals surface area contributed by atoms with Crippen LogP contribution in [0.3, 0.4) is 0 Å². The Kier molecular flexibility index (Phi) is 8.59. The van der Waals surface area contributed by atoms with Gasteiger partial charge in [0, 0.05) is 19.3 Å². The quantitative estimate of drug-likeness (QED) is 0.351. The Morgan fingerprint density at radius 1 is 1.15 bits per heavy atom. The number of aliphatic hydroxyl groups excluding tert-OH is 1. The van der Waals surface area contributed by atoms with Gasteiger partial charge >= 0.3 is 0 Å². The van der Waals surface area contributed by atoms with Crippen molar-refractivity contribution in [2.24, 2.45) is 5.10 Å². The molecule has 1 heterocycles. The molecule has 9 heteroatoms. The van der Waals surface area contributed by atoms with Crippen LogP contribution in [-0.2, 0) is 4.79 Å². The van der Waals surface area contributed by atoms with Crippen molar-refractivity contribution in [1.29, 1.82) is 0 Å². The number of ether oxygens (including phenoxy) is 1. The Balaban J connectivity index is 1.64. The number of carbonyl (C=O) groups is 1. The Morgan fingerprint density at radius 2 is 1.91 bits per heavy atom. The van der Waals surface area contributed by atoms with Crippen molar-refractivity contribution in [1.82, 2.24) is 10.5 Å². The van der Waals surface area contributed by atoms with Crippen molar-refractivity contribution >= 4 is 34.8 Å². The van der Waals surface area contributed by atoms with Gasteiger partial charge in [-0.15, -0.1) is 5.06 Å². The summed E-state index contributed by atoms with van der Waals surface area (Å²) in [5, 5.41) is 17.2. The average molecular weight is 494 g/mol. The number of hydrogen-bond acceptors (Lipinski definition) is 6. The minimum atomic E-state index is -0.823. The lowest BCUT2D eigenvalue weighted by atomic mass is 10.00. The van der Waals surface area contributed by atoms with E-state index in [1.54, 1.807) is 29.3 Å². The molecule has 2 N–H and O–H groups in total. The van der Waals surface area contributed by atoms with Gasteiger partial charge in [0.1, 0.15) is 12.0 Å². The smallest absolute Gasteiger partial charge is 0.240 e. The van der Waals surface area contributed by atoms with Crippen LogP contribution in [0.25, 0.3) is 0 Å². The van der Waals surface area contributed by atoms with E-state index in [2.05, 4.69) is 10.5 Å². The number of benzene rings is 2. The van der Waals surface area contributed by atoms with E-state index in [-0.39, 0.29) is 5.91 Å². The van der Waals surface area contributed by atoms with Crippen LogP contribution < -0.4 is 15.0 Å². The van der Waals surface area contributed by atoms with E-state index >= 15 is 0 Å². The molecule has 2 aromatic carbocycles. The molecule has 0 saturated heterocycles. The van der Waals surface area contributed by atoms with Crippen molar-refractivity contribution in [3.8, 4) is 11.5 Å². The Hall–Kier alpha value is -2.32. The predicted octanol–water partition coefficient (Wildman–Crippen LogP) is 5.18. The summed E-state index contributed by atoms with van der Waals surface area (Å²) in [7, 11) is 0. The maximum Gasteiger partial charge on any atom is 0.240 e. The minimum absolute atomic E-state index is 0.0897. The molecule has 0 bridgehead atoms. The summed E-state index contributed by atoms with van der Waals surface area (Å²) in [6.07, 6.45) is 1.17. The molecule has 0 saturated carbocycles. The summed E-state index contributed by atoms with van der Waals surface area (Å²) in [5.74, 6) is 0.931. The zero-order valence-electron chi connectivity index (χ0n) is 19.0. The van der Waals surface area contributed by atoms with Gasteiger partial charge in [0.15, 0.2) is 5.75 Å². The lowest BCUT2D eigenvalue weighted by Gasteiger charge is -2.40. The number of rotatable bonds is 10. The van der Waals surface area contributed by atoms with E-state index in [9.17, 15) is 9.90 Å². The highest BCUT2D eigenvalue weighted by molar-refractivity contribution is 6.32. The number of carbonyl (C=O) groups excluding carboxylic acids is 1. The van der Waals surface area contributed by atoms with Crippen LogP contribution in [0.5, 0.6) is 11.5 Å². The molecule has 178 valence electrons. The second-order valence-electron chi connectivity index (χ2n) is 8.39. The van der Waals surface area contributed by atoms with Gasteiger partial charge in [0.2, 0.25) is 5.91 Å². The fraction of sp³-hybridized carbons (Fsp3) is 0.417. The van der Waals surface area contributed by atoms with E-state index in [0.717, 1.165) is 11.3 Å². The molecular weight excluding hydrogens is 465 g/mol. The van der Waals surface area contributed by atoms with Crippen LogP contribution in [0.1, 0.15) is 52.0 Å². The van der Waals surface area contributed by atoms with Gasteiger partial charge in [0.05, 0.1) is 27.9 Å². The first-order valence-corrected chi connectivity index (χ1v) is 11.6. The van der Waals surface area contributed by atoms with Gasteiger partial charge in [-0.25, -0.2) is 5.43 Å². The van der Waals surface area contributed by atoms with Gasteiger partial charge in [-0.1, -0.05) is 42.3 Å². The zero-order valence-corrected chi connectivity index (χ0v) is 20.5. The lowest BCUT2D eigenvalue weighted by molar-refractivity contribution is -0.228. The van der Waals surface area contributed by atoms with Crippen molar-refractivity contribution in [2.75, 3.05) is 6.61 Å². The molecule has 0 spiro atoms. The Morgan fingerprint density at radius 3 is 2.55 bits per heavy atom. The van der Waals surface area contributed by atoms with Crippen LogP contribution >= 0.6 is 23.2 Å². The molecule has 0 aliphatic carbocycles. The first kappa shape index (κ1) is 25.3. The number of hydrogen-bond donors (Lipinski definition) is 2. The molecular formula is C24H29Cl2N3O4. The van der Waals surface area contributed by atoms with Crippen LogP contribution in [0.15, 0.2) is 47.6 Å². The van der Waals surface area contributed by atoms with Gasteiger partial charge in [-0.05, 0) is 56.2 Å². The van der Waals surface area contributed by atoms with Crippen LogP contribution in [-0.4, -0.2) is 40.2 Å². The van der Waals surface area contributed by atoms with Crippen molar-refractivity contribution in [2.45, 2.75) is 58.2 Å². The van der Waals surface area contributed by atoms with Crippen LogP contribution in [0.4, 0.5) is 0 Å². The molecule has 0 radical (unpaired) electrons. The van der Waals surface area contributed by atoms with E-state index in [0.29, 0.717) is 53.8 Å².